The summed E-state index contributed by atoms with van der Waals surface area (Å²) in [6, 6.07) is 12.2. The summed E-state index contributed by atoms with van der Waals surface area (Å²) in [6.45, 7) is 0.525. The lowest BCUT2D eigenvalue weighted by Crippen LogP contribution is -2.52. The Hall–Kier alpha value is -3.33. The second-order valence-corrected chi connectivity index (χ2v) is 8.91. The van der Waals surface area contributed by atoms with E-state index >= 15 is 0 Å². The van der Waals surface area contributed by atoms with E-state index in [2.05, 4.69) is 5.32 Å². The Morgan fingerprint density at radius 2 is 1.97 bits per heavy atom. The highest BCUT2D eigenvalue weighted by Crippen LogP contribution is 2.34. The minimum absolute atomic E-state index is 0.0593. The maximum absolute atomic E-state index is 12.9. The largest absolute Gasteiger partial charge is 0.489 e. The molecule has 0 aliphatic carbocycles. The van der Waals surface area contributed by atoms with E-state index in [1.165, 1.54) is 9.80 Å². The average Bonchev–Trinajstić information content (AvgIpc) is 3.09. The van der Waals surface area contributed by atoms with E-state index in [0.717, 1.165) is 27.8 Å². The number of ether oxygens (including phenoxy) is 1. The van der Waals surface area contributed by atoms with E-state index in [1.54, 1.807) is 32.3 Å². The molecule has 1 N–H and O–H groups in total. The first kappa shape index (κ1) is 21.9. The van der Waals surface area contributed by atoms with E-state index in [-0.39, 0.29) is 36.6 Å². The summed E-state index contributed by atoms with van der Waals surface area (Å²) in [5.41, 5.74) is 2.13. The number of hydrogen-bond donors (Lipinski definition) is 1. The number of nitrogens with one attached hydrogen (secondary N) is 1. The summed E-state index contributed by atoms with van der Waals surface area (Å²) in [4.78, 5) is 52.4. The predicted molar refractivity (Wildman–Crippen MR) is 118 cm³/mol. The van der Waals surface area contributed by atoms with Crippen LogP contribution >= 0.6 is 11.8 Å². The average molecular weight is 454 g/mol. The van der Waals surface area contributed by atoms with Crippen LogP contribution < -0.4 is 10.1 Å². The van der Waals surface area contributed by atoms with Gasteiger partial charge in [-0.15, -0.1) is 0 Å². The van der Waals surface area contributed by atoms with Crippen LogP contribution in [0.25, 0.3) is 0 Å². The van der Waals surface area contributed by atoms with Gasteiger partial charge in [0.05, 0.1) is 6.54 Å². The molecule has 1 atom stereocenters. The molecular weight excluding hydrogens is 430 g/mol. The third-order valence-corrected chi connectivity index (χ3v) is 6.43. The van der Waals surface area contributed by atoms with Crippen molar-refractivity contribution < 1.29 is 23.9 Å². The number of nitrogens with zero attached hydrogens (tertiary/aromatic N) is 2. The Labute approximate surface area is 189 Å². The lowest BCUT2D eigenvalue weighted by Gasteiger charge is -2.29. The zero-order valence-electron chi connectivity index (χ0n) is 17.8. The number of piperidine rings is 1. The number of hydrogen-bond acceptors (Lipinski definition) is 6. The predicted octanol–water partition coefficient (Wildman–Crippen LogP) is 2.80. The molecule has 2 heterocycles. The maximum Gasteiger partial charge on any atom is 0.285 e. The van der Waals surface area contributed by atoms with Crippen molar-refractivity contribution in [3.8, 4) is 5.75 Å². The van der Waals surface area contributed by atoms with Gasteiger partial charge in [-0.3, -0.25) is 24.5 Å². The van der Waals surface area contributed by atoms with Crippen molar-refractivity contribution in [1.29, 1.82) is 0 Å². The standard InChI is InChI=1S/C23H23N3O5S/c1-25(2)23(30)32-15-6-3-5-14(11-15)13-31-19-8-4-7-16-17(19)12-26(22(16)29)18-9-10-20(27)24-21(18)28/h3-8,11,18H,9-10,12-13H2,1-2H3,(H,24,27,28). The van der Waals surface area contributed by atoms with Crippen molar-refractivity contribution in [1.82, 2.24) is 15.1 Å². The molecule has 9 heteroatoms. The van der Waals surface area contributed by atoms with Crippen LogP contribution in [0.1, 0.15) is 34.3 Å². The minimum Gasteiger partial charge on any atom is -0.489 e. The molecular formula is C23H23N3O5S. The summed E-state index contributed by atoms with van der Waals surface area (Å²) in [5.74, 6) is -0.410. The molecule has 0 aromatic heterocycles. The lowest BCUT2D eigenvalue weighted by atomic mass is 10.0. The Morgan fingerprint density at radius 1 is 1.19 bits per heavy atom. The van der Waals surface area contributed by atoms with Crippen molar-refractivity contribution in [3.05, 3.63) is 59.2 Å². The van der Waals surface area contributed by atoms with Crippen LogP contribution in [-0.4, -0.2) is 52.9 Å². The van der Waals surface area contributed by atoms with Gasteiger partial charge in [0.25, 0.3) is 11.1 Å². The summed E-state index contributed by atoms with van der Waals surface area (Å²) >= 11 is 1.14. The highest BCUT2D eigenvalue weighted by Gasteiger charge is 2.40. The molecule has 1 saturated heterocycles. The molecule has 2 aromatic rings. The Balaban J connectivity index is 1.47. The molecule has 2 aromatic carbocycles. The van der Waals surface area contributed by atoms with Crippen molar-refractivity contribution in [2.45, 2.75) is 36.9 Å². The van der Waals surface area contributed by atoms with Crippen LogP contribution in [0.3, 0.4) is 0 Å². The minimum atomic E-state index is -0.664. The van der Waals surface area contributed by atoms with Crippen LogP contribution in [0.2, 0.25) is 0 Å². The van der Waals surface area contributed by atoms with Gasteiger partial charge in [-0.2, -0.15) is 0 Å². The van der Waals surface area contributed by atoms with Crippen molar-refractivity contribution >= 4 is 34.7 Å². The third kappa shape index (κ3) is 4.47. The molecule has 0 radical (unpaired) electrons. The van der Waals surface area contributed by atoms with Crippen LogP contribution in [-0.2, 0) is 22.7 Å². The summed E-state index contributed by atoms with van der Waals surface area (Å²) < 4.78 is 6.03. The van der Waals surface area contributed by atoms with Crippen molar-refractivity contribution in [2.75, 3.05) is 14.1 Å². The third-order valence-electron chi connectivity index (χ3n) is 5.40. The molecule has 2 aliphatic heterocycles. The quantitative estimate of drug-likeness (QED) is 0.553. The van der Waals surface area contributed by atoms with Gasteiger partial charge >= 0.3 is 0 Å². The molecule has 4 amide bonds. The first-order chi connectivity index (χ1) is 15.3. The fraction of sp³-hybridized carbons (Fsp3) is 0.304. The molecule has 32 heavy (non-hydrogen) atoms. The van der Waals surface area contributed by atoms with E-state index in [0.29, 0.717) is 17.7 Å². The summed E-state index contributed by atoms with van der Waals surface area (Å²) in [6.07, 6.45) is 0.529. The van der Waals surface area contributed by atoms with Gasteiger partial charge in [0.15, 0.2) is 0 Å². The Bertz CT molecular complexity index is 1100. The molecule has 166 valence electrons. The highest BCUT2D eigenvalue weighted by molar-refractivity contribution is 8.13. The first-order valence-electron chi connectivity index (χ1n) is 10.2. The van der Waals surface area contributed by atoms with Gasteiger partial charge in [0.1, 0.15) is 18.4 Å². The monoisotopic (exact) mass is 453 g/mol. The first-order valence-corrected chi connectivity index (χ1v) is 11.0. The number of imide groups is 1. The zero-order valence-corrected chi connectivity index (χ0v) is 18.6. The smallest absolute Gasteiger partial charge is 0.285 e. The molecule has 0 bridgehead atoms. The van der Waals surface area contributed by atoms with Crippen molar-refractivity contribution in [2.24, 2.45) is 0 Å². The lowest BCUT2D eigenvalue weighted by molar-refractivity contribution is -0.136. The topological polar surface area (TPSA) is 96.0 Å². The van der Waals surface area contributed by atoms with E-state index < -0.39 is 11.9 Å². The van der Waals surface area contributed by atoms with Crippen LogP contribution in [0, 0.1) is 0 Å². The SMILES string of the molecule is CN(C)C(=O)Sc1cccc(COc2cccc3c2CN(C2CCC(=O)NC2=O)C3=O)c1. The molecule has 1 unspecified atom stereocenters. The number of thioether (sulfide) groups is 1. The second kappa shape index (κ2) is 9.04. The molecule has 0 spiro atoms. The number of amides is 4. The van der Waals surface area contributed by atoms with Gasteiger partial charge in [0.2, 0.25) is 11.8 Å². The van der Waals surface area contributed by atoms with Gasteiger partial charge in [0, 0.05) is 36.5 Å². The Morgan fingerprint density at radius 3 is 2.72 bits per heavy atom. The molecule has 1 fully saturated rings. The number of rotatable bonds is 5. The number of fused-ring (bicyclic) bond motifs is 1. The van der Waals surface area contributed by atoms with E-state index in [4.69, 9.17) is 4.74 Å². The maximum atomic E-state index is 12.9. The molecule has 2 aliphatic rings. The Kier molecular flexibility index (Phi) is 6.18. The van der Waals surface area contributed by atoms with Gasteiger partial charge < -0.3 is 14.5 Å². The summed E-state index contributed by atoms with van der Waals surface area (Å²) in [5, 5.41) is 2.25. The second-order valence-electron chi connectivity index (χ2n) is 7.88. The van der Waals surface area contributed by atoms with Crippen molar-refractivity contribution in [3.63, 3.8) is 0 Å². The van der Waals surface area contributed by atoms with Gasteiger partial charge in [-0.1, -0.05) is 18.2 Å². The normalized spacial score (nSPS) is 17.8. The molecule has 0 saturated carbocycles. The van der Waals surface area contributed by atoms with Gasteiger partial charge in [-0.05, 0) is 48.0 Å². The number of carbonyl (C=O) groups is 4. The van der Waals surface area contributed by atoms with Gasteiger partial charge in [-0.25, -0.2) is 0 Å². The van der Waals surface area contributed by atoms with E-state index in [9.17, 15) is 19.2 Å². The molecule has 8 nitrogen and oxygen atoms in total. The van der Waals surface area contributed by atoms with Crippen LogP contribution in [0.15, 0.2) is 47.4 Å². The van der Waals surface area contributed by atoms with E-state index in [1.807, 2.05) is 24.3 Å². The number of carbonyl (C=O) groups excluding carboxylic acids is 4. The fourth-order valence-corrected chi connectivity index (χ4v) is 4.49. The zero-order chi connectivity index (χ0) is 22.8. The number of benzene rings is 2. The van der Waals surface area contributed by atoms with Crippen LogP contribution in [0.5, 0.6) is 5.75 Å². The molecule has 4 rings (SSSR count). The highest BCUT2D eigenvalue weighted by atomic mass is 32.2. The fourth-order valence-electron chi connectivity index (χ4n) is 3.74. The summed E-state index contributed by atoms with van der Waals surface area (Å²) in [7, 11) is 3.41. The van der Waals surface area contributed by atoms with Crippen LogP contribution in [0.4, 0.5) is 4.79 Å².